The molecule has 0 unspecified atom stereocenters. The van der Waals surface area contributed by atoms with E-state index in [1.54, 1.807) is 0 Å². The van der Waals surface area contributed by atoms with Gasteiger partial charge in [-0.1, -0.05) is 0 Å². The minimum atomic E-state index is -2.80. The third-order valence-corrected chi connectivity index (χ3v) is 3.82. The monoisotopic (exact) mass is 325 g/mol. The Hall–Kier alpha value is -2.71. The number of fused-ring (bicyclic) bond motifs is 1. The largest absolute Gasteiger partial charge is 0.506 e. The molecule has 3 rings (SSSR count). The van der Waals surface area contributed by atoms with Gasteiger partial charge in [-0.25, -0.2) is 23.1 Å². The number of carbonyl (C=O) groups excluding carboxylic acids is 1. The summed E-state index contributed by atoms with van der Waals surface area (Å²) < 4.78 is 27.1. The molecule has 0 aromatic carbocycles. The average Bonchev–Trinajstić information content (AvgIpc) is 2.85. The van der Waals surface area contributed by atoms with E-state index in [2.05, 4.69) is 4.98 Å². The van der Waals surface area contributed by atoms with E-state index in [9.17, 15) is 28.6 Å². The Morgan fingerprint density at radius 3 is 2.48 bits per heavy atom. The lowest BCUT2D eigenvalue weighted by molar-refractivity contribution is -0.0495. The predicted molar refractivity (Wildman–Crippen MR) is 74.9 cm³/mol. The van der Waals surface area contributed by atoms with Crippen molar-refractivity contribution in [3.05, 3.63) is 24.0 Å². The Labute approximate surface area is 128 Å². The van der Waals surface area contributed by atoms with Crippen molar-refractivity contribution in [3.8, 4) is 5.75 Å². The smallest absolute Gasteiger partial charge is 0.417 e. The highest BCUT2D eigenvalue weighted by Crippen LogP contribution is 2.29. The molecule has 1 saturated heterocycles. The summed E-state index contributed by atoms with van der Waals surface area (Å²) >= 11 is 0. The quantitative estimate of drug-likeness (QED) is 0.837. The molecule has 122 valence electrons. The number of nitrogens with zero attached hydrogens (tertiary/aromatic N) is 3. The van der Waals surface area contributed by atoms with Crippen LogP contribution in [0.4, 0.5) is 13.6 Å². The van der Waals surface area contributed by atoms with Gasteiger partial charge in [0.2, 0.25) is 0 Å². The zero-order valence-corrected chi connectivity index (χ0v) is 11.9. The zero-order chi connectivity index (χ0) is 16.8. The van der Waals surface area contributed by atoms with Crippen LogP contribution >= 0.6 is 0 Å². The standard InChI is InChI=1S/C14H13F2N3O4/c15-14(16)1-3-18(4-2-14)12(21)10-6-8-5-9(20)7-17-11(8)19(10)13(22)23/h5-7,20H,1-4H2,(H,22,23). The average molecular weight is 325 g/mol. The van der Waals surface area contributed by atoms with E-state index >= 15 is 0 Å². The molecule has 1 aliphatic heterocycles. The lowest BCUT2D eigenvalue weighted by Crippen LogP contribution is -2.43. The summed E-state index contributed by atoms with van der Waals surface area (Å²) in [6.45, 7) is -0.294. The van der Waals surface area contributed by atoms with E-state index in [0.717, 1.165) is 6.20 Å². The minimum Gasteiger partial charge on any atom is -0.506 e. The van der Waals surface area contributed by atoms with Crippen LogP contribution in [-0.2, 0) is 0 Å². The summed E-state index contributed by atoms with van der Waals surface area (Å²) in [5.74, 6) is -3.62. The van der Waals surface area contributed by atoms with Crippen LogP contribution in [0.15, 0.2) is 18.3 Å². The highest BCUT2D eigenvalue weighted by atomic mass is 19.3. The topological polar surface area (TPSA) is 95.7 Å². The van der Waals surface area contributed by atoms with E-state index in [0.29, 0.717) is 4.57 Å². The summed E-state index contributed by atoms with van der Waals surface area (Å²) in [7, 11) is 0. The van der Waals surface area contributed by atoms with Crippen LogP contribution in [0.5, 0.6) is 5.75 Å². The fourth-order valence-corrected chi connectivity index (χ4v) is 2.63. The van der Waals surface area contributed by atoms with Crippen LogP contribution in [-0.4, -0.2) is 55.7 Å². The van der Waals surface area contributed by atoms with Gasteiger partial charge in [0.25, 0.3) is 11.8 Å². The fourth-order valence-electron chi connectivity index (χ4n) is 2.63. The summed E-state index contributed by atoms with van der Waals surface area (Å²) in [4.78, 5) is 29.0. The minimum absolute atomic E-state index is 0.000916. The Morgan fingerprint density at radius 2 is 1.87 bits per heavy atom. The number of amides is 1. The van der Waals surface area contributed by atoms with Crippen molar-refractivity contribution in [1.29, 1.82) is 0 Å². The first-order valence-corrected chi connectivity index (χ1v) is 6.89. The number of alkyl halides is 2. The third kappa shape index (κ3) is 2.69. The molecule has 1 amide bonds. The van der Waals surface area contributed by atoms with Gasteiger partial charge < -0.3 is 15.1 Å². The number of piperidine rings is 1. The molecule has 0 saturated carbocycles. The lowest BCUT2D eigenvalue weighted by Gasteiger charge is -2.31. The SMILES string of the molecule is O=C(c1cc2cc(O)cnc2n1C(=O)O)N1CCC(F)(F)CC1. The van der Waals surface area contributed by atoms with Crippen LogP contribution in [0, 0.1) is 0 Å². The first-order chi connectivity index (χ1) is 10.8. The first-order valence-electron chi connectivity index (χ1n) is 6.89. The third-order valence-electron chi connectivity index (χ3n) is 3.82. The summed E-state index contributed by atoms with van der Waals surface area (Å²) in [5.41, 5.74) is -0.184. The first kappa shape index (κ1) is 15.2. The van der Waals surface area contributed by atoms with Crippen LogP contribution < -0.4 is 0 Å². The molecule has 3 heterocycles. The van der Waals surface area contributed by atoms with E-state index in [4.69, 9.17) is 0 Å². The molecule has 2 aromatic rings. The molecule has 0 atom stereocenters. The molecule has 0 aliphatic carbocycles. The summed E-state index contributed by atoms with van der Waals surface area (Å²) in [6, 6.07) is 2.56. The summed E-state index contributed by atoms with van der Waals surface area (Å²) in [5, 5.41) is 19.0. The molecule has 9 heteroatoms. The second-order valence-corrected chi connectivity index (χ2v) is 5.40. The Kier molecular flexibility index (Phi) is 3.42. The summed E-state index contributed by atoms with van der Waals surface area (Å²) in [6.07, 6.45) is -1.25. The van der Waals surface area contributed by atoms with Gasteiger partial charge in [0.15, 0.2) is 0 Å². The Morgan fingerprint density at radius 1 is 1.22 bits per heavy atom. The second kappa shape index (κ2) is 5.18. The predicted octanol–water partition coefficient (Wildman–Crippen LogP) is 2.14. The number of rotatable bonds is 1. The number of hydrogen-bond acceptors (Lipinski definition) is 4. The number of hydrogen-bond donors (Lipinski definition) is 2. The molecule has 2 aromatic heterocycles. The number of halogens is 2. The number of aromatic nitrogens is 2. The van der Waals surface area contributed by atoms with Crippen LogP contribution in [0.25, 0.3) is 11.0 Å². The number of likely N-dealkylation sites (tertiary alicyclic amines) is 1. The Balaban J connectivity index is 2.00. The number of carboxylic acid groups (broad SMARTS) is 1. The molecule has 1 fully saturated rings. The molecular weight excluding hydrogens is 312 g/mol. The molecule has 0 radical (unpaired) electrons. The second-order valence-electron chi connectivity index (χ2n) is 5.40. The van der Waals surface area contributed by atoms with Crippen LogP contribution in [0.3, 0.4) is 0 Å². The highest BCUT2D eigenvalue weighted by Gasteiger charge is 2.37. The van der Waals surface area contributed by atoms with Gasteiger partial charge in [-0.05, 0) is 12.1 Å². The van der Waals surface area contributed by atoms with Crippen molar-refractivity contribution < 1.29 is 28.6 Å². The zero-order valence-electron chi connectivity index (χ0n) is 11.9. The van der Waals surface area contributed by atoms with Gasteiger partial charge in [-0.3, -0.25) is 4.79 Å². The van der Waals surface area contributed by atoms with Gasteiger partial charge >= 0.3 is 6.09 Å². The number of aromatic hydroxyl groups is 1. The molecule has 1 aliphatic rings. The van der Waals surface area contributed by atoms with Gasteiger partial charge in [0.1, 0.15) is 17.1 Å². The van der Waals surface area contributed by atoms with Crippen molar-refractivity contribution in [2.75, 3.05) is 13.1 Å². The maximum absolute atomic E-state index is 13.2. The maximum atomic E-state index is 13.2. The van der Waals surface area contributed by atoms with Crippen LogP contribution in [0.1, 0.15) is 23.3 Å². The normalized spacial score (nSPS) is 17.4. The molecule has 0 bridgehead atoms. The van der Waals surface area contributed by atoms with Crippen LogP contribution in [0.2, 0.25) is 0 Å². The molecule has 23 heavy (non-hydrogen) atoms. The van der Waals surface area contributed by atoms with E-state index in [1.165, 1.54) is 17.0 Å². The van der Waals surface area contributed by atoms with Crippen molar-refractivity contribution >= 4 is 23.0 Å². The van der Waals surface area contributed by atoms with Crippen molar-refractivity contribution in [2.45, 2.75) is 18.8 Å². The molecule has 2 N–H and O–H groups in total. The van der Waals surface area contributed by atoms with Crippen molar-refractivity contribution in [1.82, 2.24) is 14.5 Å². The fraction of sp³-hybridized carbons (Fsp3) is 0.357. The van der Waals surface area contributed by atoms with E-state index < -0.39 is 30.8 Å². The highest BCUT2D eigenvalue weighted by molar-refractivity contribution is 6.02. The Bertz CT molecular complexity index is 793. The van der Waals surface area contributed by atoms with Gasteiger partial charge in [-0.15, -0.1) is 0 Å². The molecule has 7 nitrogen and oxygen atoms in total. The van der Waals surface area contributed by atoms with Gasteiger partial charge in [0.05, 0.1) is 6.20 Å². The van der Waals surface area contributed by atoms with Gasteiger partial charge in [0, 0.05) is 31.3 Å². The molecular formula is C14H13F2N3O4. The number of carbonyl (C=O) groups is 2. The van der Waals surface area contributed by atoms with Gasteiger partial charge in [-0.2, -0.15) is 0 Å². The molecule has 0 spiro atoms. The van der Waals surface area contributed by atoms with E-state index in [1.807, 2.05) is 0 Å². The van der Waals surface area contributed by atoms with E-state index in [-0.39, 0.29) is 35.6 Å². The lowest BCUT2D eigenvalue weighted by atomic mass is 10.1. The van der Waals surface area contributed by atoms with Crippen molar-refractivity contribution in [2.24, 2.45) is 0 Å². The van der Waals surface area contributed by atoms with Crippen molar-refractivity contribution in [3.63, 3.8) is 0 Å². The number of pyridine rings is 1. The maximum Gasteiger partial charge on any atom is 0.417 e.